The third kappa shape index (κ3) is 4.95. The van der Waals surface area contributed by atoms with E-state index in [1.165, 1.54) is 22.7 Å². The summed E-state index contributed by atoms with van der Waals surface area (Å²) in [4.78, 5) is 33.8. The SMILES string of the molecule is O=C(Nc1nc(CC(=O)N2CCN(c3ccc(Cl)c(Cl)c3)CC2)cs1)c1cccs1. The number of amides is 2. The van der Waals surface area contributed by atoms with E-state index in [1.807, 2.05) is 33.9 Å². The van der Waals surface area contributed by atoms with Crippen molar-refractivity contribution < 1.29 is 9.59 Å². The Morgan fingerprint density at radius 2 is 1.87 bits per heavy atom. The highest BCUT2D eigenvalue weighted by Crippen LogP contribution is 2.28. The van der Waals surface area contributed by atoms with Crippen LogP contribution in [0.1, 0.15) is 15.4 Å². The van der Waals surface area contributed by atoms with E-state index >= 15 is 0 Å². The van der Waals surface area contributed by atoms with Gasteiger partial charge in [-0.3, -0.25) is 14.9 Å². The molecule has 1 aliphatic heterocycles. The normalized spacial score (nSPS) is 14.1. The van der Waals surface area contributed by atoms with Crippen molar-refractivity contribution in [2.75, 3.05) is 36.4 Å². The van der Waals surface area contributed by atoms with Crippen LogP contribution in [-0.2, 0) is 11.2 Å². The van der Waals surface area contributed by atoms with E-state index in [4.69, 9.17) is 23.2 Å². The summed E-state index contributed by atoms with van der Waals surface area (Å²) in [5, 5.41) is 8.00. The number of carbonyl (C=O) groups is 2. The zero-order valence-electron chi connectivity index (χ0n) is 15.8. The first-order valence-electron chi connectivity index (χ1n) is 9.26. The first-order chi connectivity index (χ1) is 14.5. The number of nitrogens with one attached hydrogen (secondary N) is 1. The second kappa shape index (κ2) is 9.34. The minimum Gasteiger partial charge on any atom is -0.368 e. The number of carbonyl (C=O) groups excluding carboxylic acids is 2. The van der Waals surface area contributed by atoms with Crippen molar-refractivity contribution in [3.05, 3.63) is 61.7 Å². The molecule has 1 saturated heterocycles. The van der Waals surface area contributed by atoms with Crippen molar-refractivity contribution in [1.29, 1.82) is 0 Å². The smallest absolute Gasteiger partial charge is 0.267 e. The van der Waals surface area contributed by atoms with Crippen LogP contribution in [-0.4, -0.2) is 47.9 Å². The Hall–Kier alpha value is -2.13. The topological polar surface area (TPSA) is 65.5 Å². The van der Waals surface area contributed by atoms with Crippen LogP contribution in [0.3, 0.4) is 0 Å². The number of hydrogen-bond donors (Lipinski definition) is 1. The highest BCUT2D eigenvalue weighted by molar-refractivity contribution is 7.14. The van der Waals surface area contributed by atoms with E-state index in [0.29, 0.717) is 38.8 Å². The van der Waals surface area contributed by atoms with Crippen molar-refractivity contribution in [2.45, 2.75) is 6.42 Å². The van der Waals surface area contributed by atoms with Crippen molar-refractivity contribution in [2.24, 2.45) is 0 Å². The molecule has 156 valence electrons. The summed E-state index contributed by atoms with van der Waals surface area (Å²) >= 11 is 14.8. The Labute approximate surface area is 192 Å². The molecule has 0 unspecified atom stereocenters. The zero-order valence-corrected chi connectivity index (χ0v) is 19.0. The molecule has 0 atom stereocenters. The fourth-order valence-electron chi connectivity index (χ4n) is 3.17. The van der Waals surface area contributed by atoms with Crippen LogP contribution in [0.4, 0.5) is 10.8 Å². The van der Waals surface area contributed by atoms with Gasteiger partial charge in [-0.1, -0.05) is 29.3 Å². The second-order valence-corrected chi connectivity index (χ2v) is 9.34. The highest BCUT2D eigenvalue weighted by atomic mass is 35.5. The molecule has 1 aliphatic rings. The number of nitrogens with zero attached hydrogens (tertiary/aromatic N) is 3. The summed E-state index contributed by atoms with van der Waals surface area (Å²) in [6, 6.07) is 9.16. The second-order valence-electron chi connectivity index (χ2n) is 6.72. The largest absolute Gasteiger partial charge is 0.368 e. The average Bonchev–Trinajstić information content (AvgIpc) is 3.42. The molecule has 2 amide bonds. The molecule has 1 aromatic carbocycles. The van der Waals surface area contributed by atoms with Crippen LogP contribution in [0, 0.1) is 0 Å². The monoisotopic (exact) mass is 480 g/mol. The lowest BCUT2D eigenvalue weighted by molar-refractivity contribution is -0.130. The van der Waals surface area contributed by atoms with Gasteiger partial charge in [-0.25, -0.2) is 4.98 Å². The first-order valence-corrected chi connectivity index (χ1v) is 11.8. The molecule has 0 spiro atoms. The third-order valence-electron chi connectivity index (χ3n) is 4.75. The number of piperazine rings is 1. The van der Waals surface area contributed by atoms with Gasteiger partial charge in [0.05, 0.1) is 27.0 Å². The number of thiophene rings is 1. The van der Waals surface area contributed by atoms with E-state index in [9.17, 15) is 9.59 Å². The number of rotatable bonds is 5. The van der Waals surface area contributed by atoms with Gasteiger partial charge in [-0.05, 0) is 29.6 Å². The number of anilines is 2. The van der Waals surface area contributed by atoms with Gasteiger partial charge in [0.15, 0.2) is 5.13 Å². The molecule has 1 fully saturated rings. The minimum absolute atomic E-state index is 0.0326. The summed E-state index contributed by atoms with van der Waals surface area (Å²) in [7, 11) is 0. The Balaban J connectivity index is 1.29. The summed E-state index contributed by atoms with van der Waals surface area (Å²) in [5.74, 6) is -0.152. The Morgan fingerprint density at radius 3 is 2.57 bits per heavy atom. The van der Waals surface area contributed by atoms with Crippen molar-refractivity contribution in [3.8, 4) is 0 Å². The van der Waals surface area contributed by atoms with Crippen LogP contribution in [0.15, 0.2) is 41.1 Å². The lowest BCUT2D eigenvalue weighted by Crippen LogP contribution is -2.49. The fraction of sp³-hybridized carbons (Fsp3) is 0.250. The van der Waals surface area contributed by atoms with Crippen LogP contribution in [0.5, 0.6) is 0 Å². The predicted molar refractivity (Wildman–Crippen MR) is 123 cm³/mol. The maximum absolute atomic E-state index is 12.7. The van der Waals surface area contributed by atoms with Crippen LogP contribution in [0.25, 0.3) is 0 Å². The van der Waals surface area contributed by atoms with E-state index in [2.05, 4.69) is 15.2 Å². The summed E-state index contributed by atoms with van der Waals surface area (Å²) in [5.41, 5.74) is 1.67. The molecule has 10 heteroatoms. The number of benzene rings is 1. The Kier molecular flexibility index (Phi) is 6.58. The van der Waals surface area contributed by atoms with Gasteiger partial charge in [0.1, 0.15) is 0 Å². The van der Waals surface area contributed by atoms with Crippen LogP contribution in [0.2, 0.25) is 10.0 Å². The van der Waals surface area contributed by atoms with Gasteiger partial charge in [0.2, 0.25) is 5.91 Å². The summed E-state index contributed by atoms with van der Waals surface area (Å²) in [6.45, 7) is 2.71. The predicted octanol–water partition coefficient (Wildman–Crippen LogP) is 4.66. The van der Waals surface area contributed by atoms with Gasteiger partial charge >= 0.3 is 0 Å². The number of halogens is 2. The zero-order chi connectivity index (χ0) is 21.1. The highest BCUT2D eigenvalue weighted by Gasteiger charge is 2.22. The lowest BCUT2D eigenvalue weighted by Gasteiger charge is -2.36. The van der Waals surface area contributed by atoms with Crippen molar-refractivity contribution in [3.63, 3.8) is 0 Å². The van der Waals surface area contributed by atoms with Crippen LogP contribution < -0.4 is 10.2 Å². The molecule has 30 heavy (non-hydrogen) atoms. The van der Waals surface area contributed by atoms with E-state index in [0.717, 1.165) is 18.8 Å². The van der Waals surface area contributed by atoms with Gasteiger partial charge in [0, 0.05) is 37.2 Å². The number of aromatic nitrogens is 1. The molecule has 2 aromatic heterocycles. The summed E-state index contributed by atoms with van der Waals surface area (Å²) in [6.07, 6.45) is 0.220. The van der Waals surface area contributed by atoms with Crippen molar-refractivity contribution in [1.82, 2.24) is 9.88 Å². The fourth-order valence-corrected chi connectivity index (χ4v) is 4.79. The minimum atomic E-state index is -0.185. The molecule has 3 aromatic rings. The standard InChI is InChI=1S/C20H18Cl2N4O2S2/c21-15-4-3-14(11-16(15)22)25-5-7-26(8-6-25)18(27)10-13-12-30-20(23-13)24-19(28)17-2-1-9-29-17/h1-4,9,11-12H,5-8,10H2,(H,23,24,28). The van der Waals surface area contributed by atoms with Gasteiger partial charge in [-0.2, -0.15) is 0 Å². The third-order valence-corrected chi connectivity index (χ3v) is 7.16. The Morgan fingerprint density at radius 1 is 1.07 bits per heavy atom. The van der Waals surface area contributed by atoms with Gasteiger partial charge in [0.25, 0.3) is 5.91 Å². The average molecular weight is 481 g/mol. The van der Waals surface area contributed by atoms with Gasteiger partial charge < -0.3 is 9.80 Å². The molecular formula is C20H18Cl2N4O2S2. The molecule has 0 saturated carbocycles. The molecule has 4 rings (SSSR count). The number of thiazole rings is 1. The first kappa shape index (κ1) is 21.1. The summed E-state index contributed by atoms with van der Waals surface area (Å²) < 4.78 is 0. The molecule has 0 radical (unpaired) electrons. The number of hydrogen-bond acceptors (Lipinski definition) is 6. The Bertz CT molecular complexity index is 1050. The lowest BCUT2D eigenvalue weighted by atomic mass is 10.2. The quantitative estimate of drug-likeness (QED) is 0.576. The maximum Gasteiger partial charge on any atom is 0.267 e. The van der Waals surface area contributed by atoms with E-state index in [1.54, 1.807) is 12.1 Å². The van der Waals surface area contributed by atoms with E-state index < -0.39 is 0 Å². The molecular weight excluding hydrogens is 463 g/mol. The van der Waals surface area contributed by atoms with E-state index in [-0.39, 0.29) is 18.2 Å². The maximum atomic E-state index is 12.7. The molecule has 0 bridgehead atoms. The van der Waals surface area contributed by atoms with Crippen LogP contribution >= 0.6 is 45.9 Å². The van der Waals surface area contributed by atoms with Crippen molar-refractivity contribution >= 4 is 68.5 Å². The molecule has 3 heterocycles. The molecule has 6 nitrogen and oxygen atoms in total. The molecule has 1 N–H and O–H groups in total. The van der Waals surface area contributed by atoms with Gasteiger partial charge in [-0.15, -0.1) is 22.7 Å². The molecule has 0 aliphatic carbocycles.